The van der Waals surface area contributed by atoms with E-state index in [1.54, 1.807) is 6.07 Å². The SMILES string of the molecule is N#Cc1cc(OC2CCCC2)cc(C(=O)O)c1. The van der Waals surface area contributed by atoms with Gasteiger partial charge in [0.05, 0.1) is 23.3 Å². The van der Waals surface area contributed by atoms with Gasteiger partial charge in [-0.15, -0.1) is 0 Å². The number of hydrogen-bond acceptors (Lipinski definition) is 3. The van der Waals surface area contributed by atoms with Crippen molar-refractivity contribution in [1.29, 1.82) is 5.26 Å². The van der Waals surface area contributed by atoms with Crippen molar-refractivity contribution in [3.8, 4) is 11.8 Å². The highest BCUT2D eigenvalue weighted by atomic mass is 16.5. The molecule has 1 aliphatic carbocycles. The molecule has 1 aromatic carbocycles. The number of nitrogens with zero attached hydrogens (tertiary/aromatic N) is 1. The molecule has 2 rings (SSSR count). The number of ether oxygens (including phenoxy) is 1. The Kier molecular flexibility index (Phi) is 3.29. The maximum atomic E-state index is 10.9. The monoisotopic (exact) mass is 231 g/mol. The van der Waals surface area contributed by atoms with E-state index in [2.05, 4.69) is 0 Å². The molecule has 4 heteroatoms. The smallest absolute Gasteiger partial charge is 0.335 e. The molecule has 1 saturated carbocycles. The van der Waals surface area contributed by atoms with Crippen molar-refractivity contribution in [3.63, 3.8) is 0 Å². The normalized spacial score (nSPS) is 15.5. The summed E-state index contributed by atoms with van der Waals surface area (Å²) in [5.74, 6) is -0.563. The zero-order valence-corrected chi connectivity index (χ0v) is 9.35. The minimum Gasteiger partial charge on any atom is -0.490 e. The van der Waals surface area contributed by atoms with Gasteiger partial charge in [-0.1, -0.05) is 0 Å². The van der Waals surface area contributed by atoms with Gasteiger partial charge in [-0.2, -0.15) is 5.26 Å². The van der Waals surface area contributed by atoms with Crippen molar-refractivity contribution < 1.29 is 14.6 Å². The maximum Gasteiger partial charge on any atom is 0.335 e. The van der Waals surface area contributed by atoms with Crippen LogP contribution < -0.4 is 4.74 Å². The van der Waals surface area contributed by atoms with Crippen LogP contribution in [0, 0.1) is 11.3 Å². The first-order chi connectivity index (χ1) is 8.19. The van der Waals surface area contributed by atoms with Crippen LogP contribution in [-0.4, -0.2) is 17.2 Å². The van der Waals surface area contributed by atoms with Crippen molar-refractivity contribution in [2.24, 2.45) is 0 Å². The second-order valence-corrected chi connectivity index (χ2v) is 4.19. The Morgan fingerprint density at radius 2 is 2.06 bits per heavy atom. The van der Waals surface area contributed by atoms with Crippen LogP contribution in [-0.2, 0) is 0 Å². The number of benzene rings is 1. The molecule has 4 nitrogen and oxygen atoms in total. The minimum absolute atomic E-state index is 0.0945. The summed E-state index contributed by atoms with van der Waals surface area (Å²) in [5.41, 5.74) is 0.412. The standard InChI is InChI=1S/C13H13NO3/c14-8-9-5-10(13(15)16)7-12(6-9)17-11-3-1-2-4-11/h5-7,11H,1-4H2,(H,15,16). The van der Waals surface area contributed by atoms with E-state index in [9.17, 15) is 4.79 Å². The first-order valence-corrected chi connectivity index (χ1v) is 5.64. The molecule has 0 amide bonds. The zero-order chi connectivity index (χ0) is 12.3. The van der Waals surface area contributed by atoms with E-state index in [1.807, 2.05) is 6.07 Å². The van der Waals surface area contributed by atoms with E-state index >= 15 is 0 Å². The molecule has 0 atom stereocenters. The summed E-state index contributed by atoms with van der Waals surface area (Å²) < 4.78 is 5.69. The molecular weight excluding hydrogens is 218 g/mol. The zero-order valence-electron chi connectivity index (χ0n) is 9.35. The van der Waals surface area contributed by atoms with Gasteiger partial charge in [-0.3, -0.25) is 0 Å². The lowest BCUT2D eigenvalue weighted by Gasteiger charge is -2.13. The van der Waals surface area contributed by atoms with Crippen molar-refractivity contribution in [3.05, 3.63) is 29.3 Å². The fourth-order valence-electron chi connectivity index (χ4n) is 2.05. The molecule has 1 aromatic rings. The van der Waals surface area contributed by atoms with Crippen LogP contribution in [0.2, 0.25) is 0 Å². The second kappa shape index (κ2) is 4.88. The third kappa shape index (κ3) is 2.76. The fraction of sp³-hybridized carbons (Fsp3) is 0.385. The van der Waals surface area contributed by atoms with E-state index in [1.165, 1.54) is 12.1 Å². The van der Waals surface area contributed by atoms with Gasteiger partial charge in [0.15, 0.2) is 0 Å². The Balaban J connectivity index is 2.23. The van der Waals surface area contributed by atoms with Gasteiger partial charge in [0.2, 0.25) is 0 Å². The molecule has 1 fully saturated rings. The molecule has 0 bridgehead atoms. The van der Waals surface area contributed by atoms with Crippen molar-refractivity contribution >= 4 is 5.97 Å². The van der Waals surface area contributed by atoms with Gasteiger partial charge >= 0.3 is 5.97 Å². The number of carbonyl (C=O) groups is 1. The quantitative estimate of drug-likeness (QED) is 0.867. The molecule has 17 heavy (non-hydrogen) atoms. The number of carboxylic acids is 1. The summed E-state index contributed by atoms with van der Waals surface area (Å²) >= 11 is 0. The fourth-order valence-corrected chi connectivity index (χ4v) is 2.05. The molecule has 1 aliphatic rings. The van der Waals surface area contributed by atoms with Crippen LogP contribution in [0.4, 0.5) is 0 Å². The summed E-state index contributed by atoms with van der Waals surface area (Å²) in [6.07, 6.45) is 4.45. The van der Waals surface area contributed by atoms with Gasteiger partial charge < -0.3 is 9.84 Å². The Morgan fingerprint density at radius 1 is 1.35 bits per heavy atom. The third-order valence-corrected chi connectivity index (χ3v) is 2.89. The molecule has 0 spiro atoms. The van der Waals surface area contributed by atoms with Crippen LogP contribution in [0.15, 0.2) is 18.2 Å². The van der Waals surface area contributed by atoms with Crippen LogP contribution in [0.3, 0.4) is 0 Å². The topological polar surface area (TPSA) is 70.3 Å². The average Bonchev–Trinajstić information content (AvgIpc) is 2.81. The average molecular weight is 231 g/mol. The number of carboxylic acid groups (broad SMARTS) is 1. The largest absolute Gasteiger partial charge is 0.490 e. The summed E-state index contributed by atoms with van der Waals surface area (Å²) in [7, 11) is 0. The van der Waals surface area contributed by atoms with E-state index in [4.69, 9.17) is 15.1 Å². The van der Waals surface area contributed by atoms with Crippen LogP contribution >= 0.6 is 0 Å². The van der Waals surface area contributed by atoms with Crippen molar-refractivity contribution in [2.45, 2.75) is 31.8 Å². The predicted molar refractivity (Wildman–Crippen MR) is 61.0 cm³/mol. The van der Waals surface area contributed by atoms with Crippen LogP contribution in [0.5, 0.6) is 5.75 Å². The highest BCUT2D eigenvalue weighted by Crippen LogP contribution is 2.25. The summed E-state index contributed by atoms with van der Waals surface area (Å²) in [5, 5.41) is 17.8. The summed E-state index contributed by atoms with van der Waals surface area (Å²) in [4.78, 5) is 10.9. The molecule has 0 heterocycles. The number of hydrogen-bond donors (Lipinski definition) is 1. The molecule has 1 N–H and O–H groups in total. The van der Waals surface area contributed by atoms with Gasteiger partial charge in [0.1, 0.15) is 5.75 Å². The Morgan fingerprint density at radius 3 is 2.65 bits per heavy atom. The molecule has 0 aromatic heterocycles. The molecule has 0 radical (unpaired) electrons. The van der Waals surface area contributed by atoms with Crippen LogP contribution in [0.1, 0.15) is 41.6 Å². The van der Waals surface area contributed by atoms with Crippen molar-refractivity contribution in [2.75, 3.05) is 0 Å². The second-order valence-electron chi connectivity index (χ2n) is 4.19. The lowest BCUT2D eigenvalue weighted by Crippen LogP contribution is -2.11. The minimum atomic E-state index is -1.04. The molecule has 0 unspecified atom stereocenters. The van der Waals surface area contributed by atoms with Crippen molar-refractivity contribution in [1.82, 2.24) is 0 Å². The number of rotatable bonds is 3. The molecule has 88 valence electrons. The van der Waals surface area contributed by atoms with Gasteiger partial charge in [-0.25, -0.2) is 4.79 Å². The highest BCUT2D eigenvalue weighted by Gasteiger charge is 2.17. The Hall–Kier alpha value is -2.02. The lowest BCUT2D eigenvalue weighted by atomic mass is 10.1. The summed E-state index contributed by atoms with van der Waals surface area (Å²) in [6, 6.07) is 6.36. The number of nitriles is 1. The van der Waals surface area contributed by atoms with Gasteiger partial charge in [-0.05, 0) is 43.9 Å². The highest BCUT2D eigenvalue weighted by molar-refractivity contribution is 5.88. The van der Waals surface area contributed by atoms with E-state index in [-0.39, 0.29) is 11.7 Å². The van der Waals surface area contributed by atoms with E-state index in [0.717, 1.165) is 25.7 Å². The molecule has 0 saturated heterocycles. The summed E-state index contributed by atoms with van der Waals surface area (Å²) in [6.45, 7) is 0. The van der Waals surface area contributed by atoms with Gasteiger partial charge in [0.25, 0.3) is 0 Å². The first-order valence-electron chi connectivity index (χ1n) is 5.64. The van der Waals surface area contributed by atoms with Crippen LogP contribution in [0.25, 0.3) is 0 Å². The molecule has 0 aliphatic heterocycles. The lowest BCUT2D eigenvalue weighted by molar-refractivity contribution is 0.0696. The molecular formula is C13H13NO3. The first kappa shape index (κ1) is 11.5. The van der Waals surface area contributed by atoms with Gasteiger partial charge in [0, 0.05) is 0 Å². The third-order valence-electron chi connectivity index (χ3n) is 2.89. The van der Waals surface area contributed by atoms with E-state index < -0.39 is 5.97 Å². The Labute approximate surface area is 99.4 Å². The van der Waals surface area contributed by atoms with E-state index in [0.29, 0.717) is 11.3 Å². The predicted octanol–water partition coefficient (Wildman–Crippen LogP) is 2.58. The maximum absolute atomic E-state index is 10.9. The number of aromatic carboxylic acids is 1. The Bertz CT molecular complexity index is 470.